The van der Waals surface area contributed by atoms with E-state index in [9.17, 15) is 0 Å². The third-order valence-corrected chi connectivity index (χ3v) is 8.72. The van der Waals surface area contributed by atoms with Crippen molar-refractivity contribution in [3.8, 4) is 11.5 Å². The zero-order valence-corrected chi connectivity index (χ0v) is 28.2. The number of benzene rings is 2. The lowest BCUT2D eigenvalue weighted by atomic mass is 9.98. The van der Waals surface area contributed by atoms with Gasteiger partial charge >= 0.3 is 0 Å². The molecule has 0 spiro atoms. The maximum absolute atomic E-state index is 6.02. The van der Waals surface area contributed by atoms with Crippen molar-refractivity contribution < 1.29 is 9.47 Å². The van der Waals surface area contributed by atoms with Crippen LogP contribution in [0.5, 0.6) is 11.5 Å². The van der Waals surface area contributed by atoms with E-state index in [2.05, 4.69) is 56.1 Å². The van der Waals surface area contributed by atoms with Gasteiger partial charge in [-0.3, -0.25) is 0 Å². The first-order valence-corrected chi connectivity index (χ1v) is 17.5. The lowest BCUT2D eigenvalue weighted by Crippen LogP contribution is -2.02. The highest BCUT2D eigenvalue weighted by molar-refractivity contribution is 9.09. The van der Waals surface area contributed by atoms with E-state index in [0.717, 1.165) is 103 Å². The number of rotatable bonds is 10. The molecule has 0 N–H and O–H groups in total. The summed E-state index contributed by atoms with van der Waals surface area (Å²) in [7, 11) is 0. The molecule has 0 amide bonds. The molecule has 0 atom stereocenters. The Balaban J connectivity index is 1.32. The molecule has 6 nitrogen and oxygen atoms in total. The van der Waals surface area contributed by atoms with E-state index in [-0.39, 0.29) is 0 Å². The fourth-order valence-electron chi connectivity index (χ4n) is 5.52. The molecule has 8 heteroatoms. The summed E-state index contributed by atoms with van der Waals surface area (Å²) in [4.78, 5) is 20.1. The minimum Gasteiger partial charge on any atom is -0.494 e. The summed E-state index contributed by atoms with van der Waals surface area (Å²) in [5.74, 6) is 1.64. The van der Waals surface area contributed by atoms with Gasteiger partial charge in [0.1, 0.15) is 11.5 Å². The monoisotopic (exact) mass is 732 g/mol. The third-order valence-electron chi connectivity index (χ3n) is 7.60. The van der Waals surface area contributed by atoms with Crippen LogP contribution in [0.4, 0.5) is 0 Å². The molecule has 46 heavy (non-hydrogen) atoms. The van der Waals surface area contributed by atoms with Crippen LogP contribution in [-0.2, 0) is 0 Å². The van der Waals surface area contributed by atoms with Gasteiger partial charge in [0.05, 0.1) is 58.8 Å². The van der Waals surface area contributed by atoms with Gasteiger partial charge in [-0.25, -0.2) is 20.0 Å². The number of nitrogens with zero attached hydrogens (tertiary/aromatic N) is 4. The van der Waals surface area contributed by atoms with Gasteiger partial charge in [0.2, 0.25) is 0 Å². The predicted octanol–water partition coefficient (Wildman–Crippen LogP) is 8.96. The Morgan fingerprint density at radius 1 is 0.522 bits per heavy atom. The van der Waals surface area contributed by atoms with Crippen molar-refractivity contribution in [3.63, 3.8) is 0 Å². The summed E-state index contributed by atoms with van der Waals surface area (Å²) in [6, 6.07) is 16.3. The van der Waals surface area contributed by atoms with Crippen LogP contribution in [-0.4, -0.2) is 46.7 Å². The van der Waals surface area contributed by atoms with Gasteiger partial charge < -0.3 is 9.47 Å². The molecule has 0 aliphatic carbocycles. The Labute approximate surface area is 285 Å². The van der Waals surface area contributed by atoms with Gasteiger partial charge in [-0.05, 0) is 109 Å². The number of alkyl halides is 2. The maximum atomic E-state index is 6.02. The summed E-state index contributed by atoms with van der Waals surface area (Å²) in [5, 5.41) is 1.80. The Hall–Kier alpha value is -4.40. The van der Waals surface area contributed by atoms with E-state index in [1.165, 1.54) is 0 Å². The number of ether oxygens (including phenoxy) is 2. The zero-order chi connectivity index (χ0) is 31.3. The van der Waals surface area contributed by atoms with Crippen LogP contribution < -0.4 is 9.47 Å². The van der Waals surface area contributed by atoms with Gasteiger partial charge in [-0.1, -0.05) is 56.1 Å². The molecule has 8 bridgehead atoms. The number of fused-ring (bicyclic) bond motifs is 4. The second-order valence-electron chi connectivity index (χ2n) is 10.9. The van der Waals surface area contributed by atoms with Gasteiger partial charge in [-0.2, -0.15) is 0 Å². The Kier molecular flexibility index (Phi) is 9.17. The summed E-state index contributed by atoms with van der Waals surface area (Å²) in [5.41, 5.74) is 10.5. The first-order valence-electron chi connectivity index (χ1n) is 15.2. The van der Waals surface area contributed by atoms with Crippen molar-refractivity contribution in [1.29, 1.82) is 0 Å². The number of allylic oxidation sites excluding steroid dienone is 12. The Morgan fingerprint density at radius 3 is 1.46 bits per heavy atom. The molecule has 5 aliphatic heterocycles. The summed E-state index contributed by atoms with van der Waals surface area (Å²) < 4.78 is 12.0. The highest BCUT2D eigenvalue weighted by atomic mass is 79.9. The minimum atomic E-state index is 0.643. The average Bonchev–Trinajstić information content (AvgIpc) is 3.89. The lowest BCUT2D eigenvalue weighted by Gasteiger charge is -2.12. The molecule has 2 aromatic rings. The van der Waals surface area contributed by atoms with Crippen molar-refractivity contribution in [2.75, 3.05) is 23.9 Å². The average molecular weight is 734 g/mol. The van der Waals surface area contributed by atoms with Crippen LogP contribution in [0.25, 0.3) is 11.1 Å². The van der Waals surface area contributed by atoms with E-state index in [1.807, 2.05) is 85.0 Å². The van der Waals surface area contributed by atoms with Crippen LogP contribution in [0.2, 0.25) is 0 Å². The minimum absolute atomic E-state index is 0.643. The molecule has 0 saturated carbocycles. The van der Waals surface area contributed by atoms with Crippen LogP contribution in [0.1, 0.15) is 24.0 Å². The normalized spacial score (nSPS) is 17.7. The third kappa shape index (κ3) is 6.73. The topological polar surface area (TPSA) is 67.9 Å². The van der Waals surface area contributed by atoms with E-state index < -0.39 is 0 Å². The summed E-state index contributed by atoms with van der Waals surface area (Å²) in [6.07, 6.45) is 22.2. The van der Waals surface area contributed by atoms with Gasteiger partial charge in [0.15, 0.2) is 0 Å². The fraction of sp³-hybridized carbons (Fsp3) is 0.158. The highest BCUT2D eigenvalue weighted by Crippen LogP contribution is 2.34. The zero-order valence-electron chi connectivity index (χ0n) is 25.0. The number of hydrogen-bond donors (Lipinski definition) is 0. The molecule has 0 fully saturated rings. The predicted molar refractivity (Wildman–Crippen MR) is 197 cm³/mol. The molecular weight excluding hydrogens is 704 g/mol. The van der Waals surface area contributed by atoms with Crippen molar-refractivity contribution in [3.05, 3.63) is 143 Å². The highest BCUT2D eigenvalue weighted by Gasteiger charge is 2.22. The largest absolute Gasteiger partial charge is 0.494 e. The quantitative estimate of drug-likeness (QED) is 0.181. The van der Waals surface area contributed by atoms with Gasteiger partial charge in [0.25, 0.3) is 0 Å². The van der Waals surface area contributed by atoms with Crippen LogP contribution in [0.15, 0.2) is 152 Å². The van der Waals surface area contributed by atoms with Crippen LogP contribution in [0, 0.1) is 0 Å². The molecule has 5 aliphatic rings. The standard InChI is InChI=1S/C38H30Br2N4O2/c39-17-3-19-45-31-7-1-5-25(21-31)37-33-13-9-27(41-33)23-29-11-15-35(43-29)38(26-6-2-8-32(22-26)46-20-4-18-40)36-16-12-30(44-36)24-28-10-14-34(37)42-28/h1-2,5-16,21-24H,3-4,17-20H2. The number of halogens is 2. The smallest absolute Gasteiger partial charge is 0.119 e. The van der Waals surface area contributed by atoms with Gasteiger partial charge in [-0.15, -0.1) is 0 Å². The maximum Gasteiger partial charge on any atom is 0.119 e. The van der Waals surface area contributed by atoms with E-state index in [4.69, 9.17) is 29.4 Å². The van der Waals surface area contributed by atoms with E-state index in [0.29, 0.717) is 13.2 Å². The van der Waals surface area contributed by atoms with Crippen LogP contribution >= 0.6 is 31.9 Å². The van der Waals surface area contributed by atoms with Crippen molar-refractivity contribution in [2.45, 2.75) is 12.8 Å². The van der Waals surface area contributed by atoms with E-state index in [1.54, 1.807) is 0 Å². The van der Waals surface area contributed by atoms with E-state index >= 15 is 0 Å². The van der Waals surface area contributed by atoms with Gasteiger partial charge in [0, 0.05) is 21.8 Å². The first-order chi connectivity index (χ1) is 22.7. The SMILES string of the molecule is BrCCCOc1cccc(C2=C3C=CC(=N3)C=C3C=CC(=N3)C(c3cccc(OCCCBr)c3)=C3C=CC(=N3)C=C3C=CC2=N3)c1. The molecule has 2 aromatic carbocycles. The molecule has 7 rings (SSSR count). The fourth-order valence-corrected chi connectivity index (χ4v) is 5.98. The van der Waals surface area contributed by atoms with Crippen LogP contribution in [0.3, 0.4) is 0 Å². The molecule has 0 radical (unpaired) electrons. The first kappa shape index (κ1) is 30.3. The molecule has 0 aromatic heterocycles. The number of aliphatic imine (C=N–C) groups is 4. The molecular formula is C38H30Br2N4O2. The van der Waals surface area contributed by atoms with Crippen molar-refractivity contribution in [2.24, 2.45) is 20.0 Å². The van der Waals surface area contributed by atoms with Crippen molar-refractivity contribution in [1.82, 2.24) is 0 Å². The molecule has 5 heterocycles. The second-order valence-corrected chi connectivity index (χ2v) is 12.5. The lowest BCUT2D eigenvalue weighted by molar-refractivity contribution is 0.319. The Bertz CT molecular complexity index is 1820. The Morgan fingerprint density at radius 2 is 1.00 bits per heavy atom. The number of hydrogen-bond acceptors (Lipinski definition) is 6. The molecule has 228 valence electrons. The summed E-state index contributed by atoms with van der Waals surface area (Å²) >= 11 is 6.96. The molecule has 0 unspecified atom stereocenters. The van der Waals surface area contributed by atoms with Crippen molar-refractivity contribution >= 4 is 65.9 Å². The summed E-state index contributed by atoms with van der Waals surface area (Å²) in [6.45, 7) is 1.29. The molecule has 0 saturated heterocycles. The second kappa shape index (κ2) is 13.9.